The molecule has 0 spiro atoms. The number of amides is 1. The van der Waals surface area contributed by atoms with Gasteiger partial charge < -0.3 is 9.80 Å². The van der Waals surface area contributed by atoms with Crippen LogP contribution in [0.15, 0.2) is 42.5 Å². The molecule has 0 radical (unpaired) electrons. The maximum Gasteiger partial charge on any atom is 0.418 e. The third kappa shape index (κ3) is 4.72. The second-order valence-corrected chi connectivity index (χ2v) is 6.78. The highest BCUT2D eigenvalue weighted by atomic mass is 19.4. The second kappa shape index (κ2) is 8.08. The molecule has 1 saturated heterocycles. The van der Waals surface area contributed by atoms with Gasteiger partial charge in [-0.25, -0.2) is 0 Å². The molecule has 1 aliphatic rings. The fourth-order valence-corrected chi connectivity index (χ4v) is 3.38. The Balaban J connectivity index is 1.81. The molecule has 0 aromatic heterocycles. The molecule has 2 aromatic rings. The molecule has 166 valence electrons. The van der Waals surface area contributed by atoms with E-state index in [0.29, 0.717) is 6.07 Å². The molecule has 0 aliphatic carbocycles. The molecule has 2 aromatic carbocycles. The molecule has 0 atom stereocenters. The monoisotopic (exact) mass is 447 g/mol. The summed E-state index contributed by atoms with van der Waals surface area (Å²) in [6, 6.07) is 6.66. The van der Waals surface area contributed by atoms with Crippen molar-refractivity contribution < 1.29 is 36.1 Å². The Morgan fingerprint density at radius 3 is 2.00 bits per heavy atom. The van der Waals surface area contributed by atoms with Gasteiger partial charge in [0, 0.05) is 44.0 Å². The third-order valence-electron chi connectivity index (χ3n) is 4.87. The smallest absolute Gasteiger partial charge is 0.367 e. The average Bonchev–Trinajstić information content (AvgIpc) is 2.71. The maximum absolute atomic E-state index is 13.4. The Bertz CT molecular complexity index is 998. The first-order valence-electron chi connectivity index (χ1n) is 8.95. The van der Waals surface area contributed by atoms with E-state index in [1.807, 2.05) is 0 Å². The summed E-state index contributed by atoms with van der Waals surface area (Å²) in [5.41, 5.74) is -3.81. The summed E-state index contributed by atoms with van der Waals surface area (Å²) in [5.74, 6) is -0.868. The van der Waals surface area contributed by atoms with E-state index in [-0.39, 0.29) is 31.9 Å². The number of alkyl halides is 6. The summed E-state index contributed by atoms with van der Waals surface area (Å²) >= 11 is 0. The van der Waals surface area contributed by atoms with Gasteiger partial charge >= 0.3 is 12.4 Å². The van der Waals surface area contributed by atoms with Crippen molar-refractivity contribution in [1.29, 1.82) is 0 Å². The van der Waals surface area contributed by atoms with Crippen LogP contribution in [0.2, 0.25) is 0 Å². The van der Waals surface area contributed by atoms with Crippen LogP contribution in [0.3, 0.4) is 0 Å². The predicted molar refractivity (Wildman–Crippen MR) is 97.7 cm³/mol. The molecule has 0 unspecified atom stereocenters. The van der Waals surface area contributed by atoms with Crippen molar-refractivity contribution in [1.82, 2.24) is 4.90 Å². The van der Waals surface area contributed by atoms with Crippen LogP contribution in [-0.2, 0) is 12.4 Å². The Morgan fingerprint density at radius 1 is 0.871 bits per heavy atom. The number of hydrogen-bond acceptors (Lipinski definition) is 4. The van der Waals surface area contributed by atoms with Crippen molar-refractivity contribution >= 4 is 17.3 Å². The lowest BCUT2D eigenvalue weighted by Crippen LogP contribution is -2.49. The zero-order valence-electron chi connectivity index (χ0n) is 15.7. The lowest BCUT2D eigenvalue weighted by atomic mass is 10.0. The summed E-state index contributed by atoms with van der Waals surface area (Å²) in [6.07, 6.45) is -9.58. The zero-order chi connectivity index (χ0) is 23.0. The van der Waals surface area contributed by atoms with Gasteiger partial charge in [-0.1, -0.05) is 12.1 Å². The number of hydrogen-bond donors (Lipinski definition) is 0. The van der Waals surface area contributed by atoms with Gasteiger partial charge in [-0.05, 0) is 18.2 Å². The quantitative estimate of drug-likeness (QED) is 0.392. The second-order valence-electron chi connectivity index (χ2n) is 6.78. The first-order chi connectivity index (χ1) is 14.4. The Labute approximate surface area is 171 Å². The Morgan fingerprint density at radius 2 is 1.45 bits per heavy atom. The molecule has 1 amide bonds. The molecule has 0 bridgehead atoms. The van der Waals surface area contributed by atoms with Crippen LogP contribution in [0, 0.1) is 10.1 Å². The molecule has 31 heavy (non-hydrogen) atoms. The highest BCUT2D eigenvalue weighted by Gasteiger charge is 2.39. The molecule has 0 N–H and O–H groups in total. The van der Waals surface area contributed by atoms with E-state index in [9.17, 15) is 41.3 Å². The van der Waals surface area contributed by atoms with E-state index < -0.39 is 45.6 Å². The van der Waals surface area contributed by atoms with Crippen LogP contribution < -0.4 is 4.90 Å². The van der Waals surface area contributed by atoms with E-state index in [4.69, 9.17) is 0 Å². The largest absolute Gasteiger partial charge is 0.418 e. The lowest BCUT2D eigenvalue weighted by Gasteiger charge is -2.37. The molecule has 1 aliphatic heterocycles. The summed E-state index contributed by atoms with van der Waals surface area (Å²) in [6.45, 7) is -0.389. The summed E-state index contributed by atoms with van der Waals surface area (Å²) in [4.78, 5) is 24.9. The van der Waals surface area contributed by atoms with Crippen LogP contribution in [0.5, 0.6) is 0 Å². The van der Waals surface area contributed by atoms with Gasteiger partial charge in [0.05, 0.1) is 21.6 Å². The van der Waals surface area contributed by atoms with Crippen molar-refractivity contribution in [3.63, 3.8) is 0 Å². The number of anilines is 1. The lowest BCUT2D eigenvalue weighted by molar-refractivity contribution is -0.385. The highest BCUT2D eigenvalue weighted by molar-refractivity contribution is 5.96. The molecule has 6 nitrogen and oxygen atoms in total. The number of carbonyl (C=O) groups excluding carboxylic acids is 1. The van der Waals surface area contributed by atoms with Gasteiger partial charge in [0.15, 0.2) is 0 Å². The van der Waals surface area contributed by atoms with E-state index in [2.05, 4.69) is 0 Å². The molecule has 1 heterocycles. The van der Waals surface area contributed by atoms with Gasteiger partial charge in [0.1, 0.15) is 0 Å². The maximum atomic E-state index is 13.4. The number of benzene rings is 2. The first kappa shape index (κ1) is 22.4. The van der Waals surface area contributed by atoms with Crippen LogP contribution >= 0.6 is 0 Å². The fraction of sp³-hybridized carbons (Fsp3) is 0.316. The summed E-state index contributed by atoms with van der Waals surface area (Å²) in [7, 11) is 0. The zero-order valence-corrected chi connectivity index (χ0v) is 15.7. The predicted octanol–water partition coefficient (Wildman–Crippen LogP) is 4.59. The minimum absolute atomic E-state index is 0.0825. The number of non-ortho nitro benzene ring substituents is 1. The van der Waals surface area contributed by atoms with Crippen molar-refractivity contribution in [3.8, 4) is 0 Å². The van der Waals surface area contributed by atoms with Crippen molar-refractivity contribution in [2.24, 2.45) is 0 Å². The van der Waals surface area contributed by atoms with Gasteiger partial charge in [0.25, 0.3) is 11.6 Å². The molecular formula is C19H15F6N3O3. The normalized spacial score (nSPS) is 15.2. The van der Waals surface area contributed by atoms with Gasteiger partial charge in [-0.15, -0.1) is 0 Å². The SMILES string of the molecule is O=C(c1ccccc1C(F)(F)F)N1CCN(c2ccc([N+](=O)[O-])cc2C(F)(F)F)CC1. The van der Waals surface area contributed by atoms with Crippen molar-refractivity contribution in [2.45, 2.75) is 12.4 Å². The molecule has 0 saturated carbocycles. The number of nitro benzene ring substituents is 1. The first-order valence-corrected chi connectivity index (χ1v) is 8.95. The van der Waals surface area contributed by atoms with Crippen LogP contribution in [0.4, 0.5) is 37.7 Å². The number of nitro groups is 1. The van der Waals surface area contributed by atoms with E-state index in [1.165, 1.54) is 11.0 Å². The summed E-state index contributed by atoms with van der Waals surface area (Å²) in [5, 5.41) is 10.8. The minimum Gasteiger partial charge on any atom is -0.367 e. The number of halogens is 6. The molecular weight excluding hydrogens is 432 g/mol. The summed E-state index contributed by atoms with van der Waals surface area (Å²) < 4.78 is 79.7. The Hall–Kier alpha value is -3.31. The number of carbonyl (C=O) groups is 1. The fourth-order valence-electron chi connectivity index (χ4n) is 3.38. The van der Waals surface area contributed by atoms with E-state index in [0.717, 1.165) is 35.2 Å². The topological polar surface area (TPSA) is 66.7 Å². The average molecular weight is 447 g/mol. The number of piperazine rings is 1. The highest BCUT2D eigenvalue weighted by Crippen LogP contribution is 2.39. The Kier molecular flexibility index (Phi) is 5.83. The van der Waals surface area contributed by atoms with Crippen molar-refractivity contribution in [2.75, 3.05) is 31.1 Å². The van der Waals surface area contributed by atoms with Crippen molar-refractivity contribution in [3.05, 3.63) is 69.3 Å². The van der Waals surface area contributed by atoms with Crippen LogP contribution in [0.25, 0.3) is 0 Å². The minimum atomic E-state index is -4.85. The number of rotatable bonds is 3. The van der Waals surface area contributed by atoms with Gasteiger partial charge in [-0.3, -0.25) is 14.9 Å². The third-order valence-corrected chi connectivity index (χ3v) is 4.87. The van der Waals surface area contributed by atoms with Crippen LogP contribution in [-0.4, -0.2) is 41.9 Å². The van der Waals surface area contributed by atoms with E-state index in [1.54, 1.807) is 0 Å². The number of nitrogens with zero attached hydrogens (tertiary/aromatic N) is 3. The standard InChI is InChI=1S/C19H15F6N3O3/c20-18(21,22)14-4-2-1-3-13(14)17(29)27-9-7-26(8-10-27)16-6-5-12(28(30)31)11-15(16)19(23,24)25/h1-6,11H,7-10H2. The van der Waals surface area contributed by atoms with Gasteiger partial charge in [0.2, 0.25) is 0 Å². The van der Waals surface area contributed by atoms with E-state index >= 15 is 0 Å². The van der Waals surface area contributed by atoms with Gasteiger partial charge in [-0.2, -0.15) is 26.3 Å². The van der Waals surface area contributed by atoms with Crippen LogP contribution in [0.1, 0.15) is 21.5 Å². The molecule has 1 fully saturated rings. The molecule has 12 heteroatoms. The molecule has 3 rings (SSSR count).